The van der Waals surface area contributed by atoms with Gasteiger partial charge in [-0.1, -0.05) is 13.8 Å². The number of nitrogens with one attached hydrogen (secondary N) is 2. The molecule has 5 atom stereocenters. The van der Waals surface area contributed by atoms with Crippen LogP contribution in [0, 0.1) is 11.7 Å². The van der Waals surface area contributed by atoms with Gasteiger partial charge >= 0.3 is 11.7 Å². The number of aromatic nitrogens is 2. The van der Waals surface area contributed by atoms with Crippen LogP contribution in [0.4, 0.5) is 4.39 Å². The van der Waals surface area contributed by atoms with Crippen molar-refractivity contribution in [1.29, 1.82) is 0 Å². The fourth-order valence-corrected chi connectivity index (χ4v) is 4.36. The maximum atomic E-state index is 13.5. The van der Waals surface area contributed by atoms with Crippen LogP contribution >= 0.6 is 8.03 Å². The largest absolute Gasteiger partial charge is 0.469 e. The van der Waals surface area contributed by atoms with Crippen LogP contribution in [0.3, 0.4) is 0 Å². The minimum atomic E-state index is -2.84. The predicted octanol–water partition coefficient (Wildman–Crippen LogP) is -0.133. The molecule has 2 rings (SSSR count). The number of hydrogen-bond acceptors (Lipinski definition) is 9. The summed E-state index contributed by atoms with van der Waals surface area (Å²) in [6.45, 7) is 3.15. The number of H-pyrrole nitrogens is 1. The zero-order valence-corrected chi connectivity index (χ0v) is 18.8. The molecule has 0 aliphatic carbocycles. The summed E-state index contributed by atoms with van der Waals surface area (Å²) >= 11 is 0. The minimum Gasteiger partial charge on any atom is -0.469 e. The molecular formula is C18H27FN3O9P. The van der Waals surface area contributed by atoms with Crippen molar-refractivity contribution in [2.24, 2.45) is 5.92 Å². The van der Waals surface area contributed by atoms with E-state index >= 15 is 0 Å². The monoisotopic (exact) mass is 479 g/mol. The Morgan fingerprint density at radius 1 is 1.41 bits per heavy atom. The SMILES string of the molecule is COC(=O)CCC(=O)NC(C(C)C)[PH](=O)OC[C@@H]1O[C@H](n2cc(F)c(=O)[nH]c2=O)CC1O. The second-order valence-electron chi connectivity index (χ2n) is 7.57. The van der Waals surface area contributed by atoms with E-state index < -0.39 is 61.2 Å². The second kappa shape index (κ2) is 11.5. The van der Waals surface area contributed by atoms with Crippen LogP contribution in [0.15, 0.2) is 15.8 Å². The lowest BCUT2D eigenvalue weighted by Gasteiger charge is -2.23. The molecule has 1 saturated heterocycles. The third-order valence-corrected chi connectivity index (χ3v) is 6.62. The number of ether oxygens (including phenoxy) is 2. The number of nitrogens with zero attached hydrogens (tertiary/aromatic N) is 1. The summed E-state index contributed by atoms with van der Waals surface area (Å²) in [5.74, 6) is -3.31. The van der Waals surface area contributed by atoms with E-state index in [1.807, 2.05) is 0 Å². The zero-order chi connectivity index (χ0) is 24.0. The average Bonchev–Trinajstić information content (AvgIpc) is 3.10. The Hall–Kier alpha value is -2.34. The van der Waals surface area contributed by atoms with Gasteiger partial charge in [0.15, 0.2) is 0 Å². The van der Waals surface area contributed by atoms with Crippen LogP contribution in [0.25, 0.3) is 0 Å². The first-order valence-electron chi connectivity index (χ1n) is 9.90. The first-order chi connectivity index (χ1) is 15.0. The fraction of sp³-hybridized carbons (Fsp3) is 0.667. The van der Waals surface area contributed by atoms with Gasteiger partial charge in [0, 0.05) is 12.8 Å². The van der Waals surface area contributed by atoms with E-state index in [0.29, 0.717) is 6.20 Å². The number of carbonyl (C=O) groups is 2. The Morgan fingerprint density at radius 3 is 2.72 bits per heavy atom. The summed E-state index contributed by atoms with van der Waals surface area (Å²) in [5.41, 5.74) is -2.07. The summed E-state index contributed by atoms with van der Waals surface area (Å²) in [7, 11) is -1.64. The molecule has 2 heterocycles. The minimum absolute atomic E-state index is 0.0851. The lowest BCUT2D eigenvalue weighted by Crippen LogP contribution is -2.37. The van der Waals surface area contributed by atoms with Gasteiger partial charge < -0.3 is 24.4 Å². The Morgan fingerprint density at radius 2 is 2.09 bits per heavy atom. The van der Waals surface area contributed by atoms with Crippen molar-refractivity contribution >= 4 is 19.9 Å². The lowest BCUT2D eigenvalue weighted by molar-refractivity contribution is -0.142. The molecule has 1 aromatic heterocycles. The van der Waals surface area contributed by atoms with Gasteiger partial charge in [0.05, 0.1) is 32.4 Å². The van der Waals surface area contributed by atoms with E-state index in [0.717, 1.165) is 4.57 Å². The molecule has 0 radical (unpaired) electrons. The van der Waals surface area contributed by atoms with Gasteiger partial charge in [0.25, 0.3) is 5.56 Å². The molecule has 1 aliphatic heterocycles. The number of amides is 1. The van der Waals surface area contributed by atoms with E-state index in [4.69, 9.17) is 9.26 Å². The molecule has 180 valence electrons. The number of rotatable bonds is 10. The first kappa shape index (κ1) is 25.9. The van der Waals surface area contributed by atoms with Gasteiger partial charge in [0.2, 0.25) is 19.8 Å². The van der Waals surface area contributed by atoms with Crippen molar-refractivity contribution in [2.75, 3.05) is 13.7 Å². The molecule has 0 saturated carbocycles. The number of aromatic amines is 1. The Labute approximate surface area is 182 Å². The van der Waals surface area contributed by atoms with Crippen molar-refractivity contribution in [3.63, 3.8) is 0 Å². The number of methoxy groups -OCH3 is 1. The van der Waals surface area contributed by atoms with Gasteiger partial charge in [-0.15, -0.1) is 0 Å². The first-order valence-corrected chi connectivity index (χ1v) is 11.3. The highest BCUT2D eigenvalue weighted by molar-refractivity contribution is 7.40. The van der Waals surface area contributed by atoms with E-state index in [2.05, 4.69) is 10.1 Å². The van der Waals surface area contributed by atoms with Crippen molar-refractivity contribution in [3.8, 4) is 0 Å². The molecule has 1 aromatic rings. The molecule has 0 aromatic carbocycles. The maximum absolute atomic E-state index is 13.5. The van der Waals surface area contributed by atoms with Crippen LogP contribution < -0.4 is 16.6 Å². The molecule has 0 spiro atoms. The molecule has 1 fully saturated rings. The van der Waals surface area contributed by atoms with Crippen molar-refractivity contribution < 1.29 is 37.6 Å². The molecular weight excluding hydrogens is 452 g/mol. The van der Waals surface area contributed by atoms with Gasteiger partial charge in [-0.3, -0.25) is 28.5 Å². The van der Waals surface area contributed by atoms with Gasteiger partial charge in [0.1, 0.15) is 18.1 Å². The number of aliphatic hydroxyl groups excluding tert-OH is 1. The zero-order valence-electron chi connectivity index (χ0n) is 17.8. The molecule has 0 bridgehead atoms. The van der Waals surface area contributed by atoms with E-state index in [-0.39, 0.29) is 31.8 Å². The number of aliphatic hydroxyl groups is 1. The van der Waals surface area contributed by atoms with E-state index in [1.165, 1.54) is 7.11 Å². The molecule has 12 nitrogen and oxygen atoms in total. The number of carbonyl (C=O) groups excluding carboxylic acids is 2. The molecule has 1 amide bonds. The predicted molar refractivity (Wildman–Crippen MR) is 109 cm³/mol. The topological polar surface area (TPSA) is 166 Å². The highest BCUT2D eigenvalue weighted by Gasteiger charge is 2.37. The lowest BCUT2D eigenvalue weighted by atomic mass is 10.2. The fourth-order valence-electron chi connectivity index (χ4n) is 3.03. The summed E-state index contributed by atoms with van der Waals surface area (Å²) in [5, 5.41) is 12.8. The standard InChI is InChI=1S/C18H27FN3O9P/c1-9(2)17(20-13(24)4-5-15(25)29-3)32(28)30-8-12-11(23)6-14(31-12)22-7-10(19)16(26)21-18(22)27/h7,9,11-12,14,17,23,32H,4-6,8H2,1-3H3,(H,20,24)(H,21,26,27)/t11?,12-,14-,17?/m0/s1. The molecule has 3 unspecified atom stereocenters. The third-order valence-electron chi connectivity index (χ3n) is 4.85. The Kier molecular flexibility index (Phi) is 9.32. The second-order valence-corrected chi connectivity index (χ2v) is 9.12. The van der Waals surface area contributed by atoms with Gasteiger partial charge in [-0.25, -0.2) is 4.79 Å². The third kappa shape index (κ3) is 6.83. The van der Waals surface area contributed by atoms with Crippen LogP contribution in [0.1, 0.15) is 39.3 Å². The van der Waals surface area contributed by atoms with E-state index in [9.17, 15) is 33.2 Å². The highest BCUT2D eigenvalue weighted by atomic mass is 31.1. The van der Waals surface area contributed by atoms with Crippen LogP contribution in [0.2, 0.25) is 0 Å². The Balaban J connectivity index is 1.95. The molecule has 1 aliphatic rings. The maximum Gasteiger partial charge on any atom is 0.330 e. The van der Waals surface area contributed by atoms with Gasteiger partial charge in [-0.2, -0.15) is 4.39 Å². The van der Waals surface area contributed by atoms with Gasteiger partial charge in [-0.05, 0) is 5.92 Å². The number of esters is 1. The smallest absolute Gasteiger partial charge is 0.330 e. The van der Waals surface area contributed by atoms with E-state index in [1.54, 1.807) is 18.8 Å². The average molecular weight is 479 g/mol. The quantitative estimate of drug-likeness (QED) is 0.306. The van der Waals surface area contributed by atoms with Crippen LogP contribution in [0.5, 0.6) is 0 Å². The summed E-state index contributed by atoms with van der Waals surface area (Å²) < 4.78 is 42.3. The summed E-state index contributed by atoms with van der Waals surface area (Å²) in [4.78, 5) is 48.0. The number of halogens is 1. The summed E-state index contributed by atoms with van der Waals surface area (Å²) in [6, 6.07) is 0. The highest BCUT2D eigenvalue weighted by Crippen LogP contribution is 2.35. The molecule has 3 N–H and O–H groups in total. The van der Waals surface area contributed by atoms with Crippen molar-refractivity contribution in [2.45, 2.75) is 57.3 Å². The van der Waals surface area contributed by atoms with Crippen LogP contribution in [-0.4, -0.2) is 58.2 Å². The summed E-state index contributed by atoms with van der Waals surface area (Å²) in [6.07, 6.45) is -2.80. The van der Waals surface area contributed by atoms with Crippen molar-refractivity contribution in [3.05, 3.63) is 32.9 Å². The van der Waals surface area contributed by atoms with Crippen molar-refractivity contribution in [1.82, 2.24) is 14.9 Å². The molecule has 14 heteroatoms. The Bertz CT molecular complexity index is 964. The van der Waals surface area contributed by atoms with Crippen LogP contribution in [-0.2, 0) is 28.2 Å². The number of hydrogen-bond donors (Lipinski definition) is 3. The normalized spacial score (nSPS) is 22.5. The molecule has 32 heavy (non-hydrogen) atoms.